The van der Waals surface area contributed by atoms with E-state index in [1.54, 1.807) is 6.20 Å². The summed E-state index contributed by atoms with van der Waals surface area (Å²) in [7, 11) is 2.06. The minimum absolute atomic E-state index is 0.432. The Balaban J connectivity index is 2.55. The van der Waals surface area contributed by atoms with E-state index in [9.17, 15) is 0 Å². The molecular weight excluding hydrogens is 198 g/mol. The van der Waals surface area contributed by atoms with Crippen molar-refractivity contribution in [2.24, 2.45) is 7.05 Å². The van der Waals surface area contributed by atoms with Crippen LogP contribution in [0.1, 0.15) is 31.3 Å². The van der Waals surface area contributed by atoms with Crippen molar-refractivity contribution in [3.05, 3.63) is 35.9 Å². The molecule has 0 bridgehead atoms. The first-order valence-electron chi connectivity index (χ1n) is 5.56. The molecule has 0 aliphatic carbocycles. The molecular formula is C13H17N3. The Bertz CT molecular complexity index is 483. The summed E-state index contributed by atoms with van der Waals surface area (Å²) in [5.74, 6) is 1.54. The Kier molecular flexibility index (Phi) is 2.77. The highest BCUT2D eigenvalue weighted by Gasteiger charge is 2.15. The Labute approximate surface area is 96.2 Å². The Morgan fingerprint density at radius 2 is 2.00 bits per heavy atom. The molecule has 16 heavy (non-hydrogen) atoms. The fourth-order valence-electron chi connectivity index (χ4n) is 1.86. The van der Waals surface area contributed by atoms with Gasteiger partial charge >= 0.3 is 0 Å². The van der Waals surface area contributed by atoms with Gasteiger partial charge in [0.05, 0.1) is 5.69 Å². The number of aromatic nitrogens is 3. The molecule has 0 aliphatic rings. The predicted octanol–water partition coefficient (Wildman–Crippen LogP) is 2.91. The van der Waals surface area contributed by atoms with Crippen LogP contribution in [0.15, 0.2) is 24.4 Å². The fourth-order valence-corrected chi connectivity index (χ4v) is 1.86. The summed E-state index contributed by atoms with van der Waals surface area (Å²) in [5, 5.41) is 0. The first-order valence-corrected chi connectivity index (χ1v) is 5.56. The van der Waals surface area contributed by atoms with Crippen molar-refractivity contribution in [2.75, 3.05) is 0 Å². The molecule has 0 spiro atoms. The summed E-state index contributed by atoms with van der Waals surface area (Å²) in [6.07, 6.45) is 1.80. The van der Waals surface area contributed by atoms with E-state index < -0.39 is 0 Å². The molecule has 0 aliphatic heterocycles. The first kappa shape index (κ1) is 10.9. The lowest BCUT2D eigenvalue weighted by atomic mass is 10.2. The number of imidazole rings is 1. The second kappa shape index (κ2) is 4.08. The number of hydrogen-bond donors (Lipinski definition) is 0. The maximum atomic E-state index is 4.68. The Morgan fingerprint density at radius 1 is 1.25 bits per heavy atom. The van der Waals surface area contributed by atoms with Crippen LogP contribution in [0.3, 0.4) is 0 Å². The summed E-state index contributed by atoms with van der Waals surface area (Å²) >= 11 is 0. The SMILES string of the molecule is Cc1c(-c2ccccn2)nc(C(C)C)n1C. The second-order valence-electron chi connectivity index (χ2n) is 4.33. The van der Waals surface area contributed by atoms with Gasteiger partial charge < -0.3 is 4.57 Å². The lowest BCUT2D eigenvalue weighted by Gasteiger charge is -2.04. The first-order chi connectivity index (χ1) is 7.61. The van der Waals surface area contributed by atoms with Gasteiger partial charge in [-0.3, -0.25) is 4.98 Å². The number of rotatable bonds is 2. The highest BCUT2D eigenvalue weighted by molar-refractivity contribution is 5.57. The van der Waals surface area contributed by atoms with Gasteiger partial charge in [-0.05, 0) is 19.1 Å². The van der Waals surface area contributed by atoms with Crippen molar-refractivity contribution in [3.63, 3.8) is 0 Å². The van der Waals surface area contributed by atoms with Gasteiger partial charge in [0.25, 0.3) is 0 Å². The molecule has 0 amide bonds. The van der Waals surface area contributed by atoms with Gasteiger partial charge in [-0.15, -0.1) is 0 Å². The van der Waals surface area contributed by atoms with E-state index in [1.807, 2.05) is 18.2 Å². The average Bonchev–Trinajstić information content (AvgIpc) is 2.58. The molecule has 0 fully saturated rings. The maximum Gasteiger partial charge on any atom is 0.112 e. The highest BCUT2D eigenvalue weighted by atomic mass is 15.1. The Hall–Kier alpha value is -1.64. The summed E-state index contributed by atoms with van der Waals surface area (Å²) in [5.41, 5.74) is 3.11. The summed E-state index contributed by atoms with van der Waals surface area (Å²) in [4.78, 5) is 9.03. The van der Waals surface area contributed by atoms with Crippen LogP contribution in [-0.4, -0.2) is 14.5 Å². The minimum atomic E-state index is 0.432. The standard InChI is InChI=1S/C13H17N3/c1-9(2)13-15-12(10(3)16(13)4)11-7-5-6-8-14-11/h5-9H,1-4H3. The van der Waals surface area contributed by atoms with Crippen molar-refractivity contribution in [3.8, 4) is 11.4 Å². The van der Waals surface area contributed by atoms with Crippen LogP contribution < -0.4 is 0 Å². The summed E-state index contributed by atoms with van der Waals surface area (Å²) in [6, 6.07) is 5.91. The topological polar surface area (TPSA) is 30.7 Å². The van der Waals surface area contributed by atoms with Crippen molar-refractivity contribution in [1.82, 2.24) is 14.5 Å². The smallest absolute Gasteiger partial charge is 0.112 e. The zero-order valence-corrected chi connectivity index (χ0v) is 10.2. The third-order valence-corrected chi connectivity index (χ3v) is 2.84. The van der Waals surface area contributed by atoms with E-state index in [0.717, 1.165) is 17.2 Å². The van der Waals surface area contributed by atoms with Crippen LogP contribution in [0.2, 0.25) is 0 Å². The molecule has 0 saturated heterocycles. The molecule has 0 N–H and O–H groups in total. The summed E-state index contributed by atoms with van der Waals surface area (Å²) in [6.45, 7) is 6.40. The molecule has 0 aromatic carbocycles. The van der Waals surface area contributed by atoms with Gasteiger partial charge in [-0.1, -0.05) is 19.9 Å². The molecule has 84 valence electrons. The van der Waals surface area contributed by atoms with Crippen LogP contribution >= 0.6 is 0 Å². The number of hydrogen-bond acceptors (Lipinski definition) is 2. The molecule has 3 heteroatoms. The molecule has 0 radical (unpaired) electrons. The molecule has 0 unspecified atom stereocenters. The van der Waals surface area contributed by atoms with Gasteiger partial charge in [-0.2, -0.15) is 0 Å². The Morgan fingerprint density at radius 3 is 2.50 bits per heavy atom. The van der Waals surface area contributed by atoms with Gasteiger partial charge in [-0.25, -0.2) is 4.98 Å². The highest BCUT2D eigenvalue weighted by Crippen LogP contribution is 2.24. The van der Waals surface area contributed by atoms with Crippen molar-refractivity contribution >= 4 is 0 Å². The second-order valence-corrected chi connectivity index (χ2v) is 4.33. The van der Waals surface area contributed by atoms with Crippen LogP contribution in [0, 0.1) is 6.92 Å². The zero-order chi connectivity index (χ0) is 11.7. The number of pyridine rings is 1. The molecule has 2 aromatic heterocycles. The van der Waals surface area contributed by atoms with Crippen molar-refractivity contribution in [1.29, 1.82) is 0 Å². The molecule has 0 saturated carbocycles. The van der Waals surface area contributed by atoms with E-state index in [1.165, 1.54) is 5.69 Å². The van der Waals surface area contributed by atoms with Crippen LogP contribution in [0.4, 0.5) is 0 Å². The fraction of sp³-hybridized carbons (Fsp3) is 0.385. The third-order valence-electron chi connectivity index (χ3n) is 2.84. The molecule has 2 heterocycles. The van der Waals surface area contributed by atoms with Gasteiger partial charge in [0.15, 0.2) is 0 Å². The van der Waals surface area contributed by atoms with Crippen LogP contribution in [-0.2, 0) is 7.05 Å². The summed E-state index contributed by atoms with van der Waals surface area (Å²) < 4.78 is 2.15. The van der Waals surface area contributed by atoms with Crippen LogP contribution in [0.5, 0.6) is 0 Å². The third kappa shape index (κ3) is 1.73. The normalized spacial score (nSPS) is 11.1. The van der Waals surface area contributed by atoms with E-state index in [-0.39, 0.29) is 0 Å². The zero-order valence-electron chi connectivity index (χ0n) is 10.2. The van der Waals surface area contributed by atoms with E-state index >= 15 is 0 Å². The minimum Gasteiger partial charge on any atom is -0.334 e. The molecule has 0 atom stereocenters. The maximum absolute atomic E-state index is 4.68. The number of nitrogens with zero attached hydrogens (tertiary/aromatic N) is 3. The molecule has 2 aromatic rings. The van der Waals surface area contributed by atoms with Crippen LogP contribution in [0.25, 0.3) is 11.4 Å². The quantitative estimate of drug-likeness (QED) is 0.771. The van der Waals surface area contributed by atoms with Gasteiger partial charge in [0, 0.05) is 24.9 Å². The van der Waals surface area contributed by atoms with E-state index in [0.29, 0.717) is 5.92 Å². The molecule has 3 nitrogen and oxygen atoms in total. The lowest BCUT2D eigenvalue weighted by molar-refractivity contribution is 0.700. The van der Waals surface area contributed by atoms with Gasteiger partial charge in [0.2, 0.25) is 0 Å². The molecule has 2 rings (SSSR count). The van der Waals surface area contributed by atoms with Crippen molar-refractivity contribution < 1.29 is 0 Å². The average molecular weight is 215 g/mol. The predicted molar refractivity (Wildman–Crippen MR) is 65.3 cm³/mol. The van der Waals surface area contributed by atoms with Gasteiger partial charge in [0.1, 0.15) is 11.5 Å². The van der Waals surface area contributed by atoms with E-state index in [4.69, 9.17) is 0 Å². The van der Waals surface area contributed by atoms with Crippen molar-refractivity contribution in [2.45, 2.75) is 26.7 Å². The monoisotopic (exact) mass is 215 g/mol. The largest absolute Gasteiger partial charge is 0.334 e. The lowest BCUT2D eigenvalue weighted by Crippen LogP contribution is -2.00. The van der Waals surface area contributed by atoms with E-state index in [2.05, 4.69) is 42.4 Å².